The molecule has 1 heterocycles. The van der Waals surface area contributed by atoms with Gasteiger partial charge in [0.2, 0.25) is 0 Å². The van der Waals surface area contributed by atoms with Crippen molar-refractivity contribution in [2.45, 2.75) is 63.2 Å². The summed E-state index contributed by atoms with van der Waals surface area (Å²) in [6.45, 7) is 6.96. The first-order valence-electron chi connectivity index (χ1n) is 13.3. The number of aliphatic hydroxyl groups excluding tert-OH is 1. The lowest BCUT2D eigenvalue weighted by Gasteiger charge is -2.34. The van der Waals surface area contributed by atoms with Crippen molar-refractivity contribution >= 4 is 21.6 Å². The van der Waals surface area contributed by atoms with E-state index < -0.39 is 27.8 Å². The summed E-state index contributed by atoms with van der Waals surface area (Å²) in [6, 6.07) is 8.52. The average molecular weight is 566 g/mol. The summed E-state index contributed by atoms with van der Waals surface area (Å²) in [4.78, 5) is 15.5. The van der Waals surface area contributed by atoms with Crippen molar-refractivity contribution in [2.24, 2.45) is 5.92 Å². The van der Waals surface area contributed by atoms with Crippen LogP contribution in [0.15, 0.2) is 47.4 Å². The maximum Gasteiger partial charge on any atom is 0.261 e. The summed E-state index contributed by atoms with van der Waals surface area (Å²) < 4.78 is 54.0. The van der Waals surface area contributed by atoms with Gasteiger partial charge >= 0.3 is 0 Å². The number of anilines is 1. The topological polar surface area (TPSA) is 117 Å². The number of aliphatic hydroxyl groups is 1. The van der Waals surface area contributed by atoms with E-state index in [9.17, 15) is 22.7 Å². The second kappa shape index (κ2) is 14.1. The van der Waals surface area contributed by atoms with Crippen molar-refractivity contribution in [1.29, 1.82) is 0 Å². The molecule has 0 aromatic heterocycles. The van der Waals surface area contributed by atoms with Crippen molar-refractivity contribution in [3.05, 3.63) is 53.8 Å². The third-order valence-electron chi connectivity index (χ3n) is 6.83. The molecule has 3 rings (SSSR count). The van der Waals surface area contributed by atoms with Crippen LogP contribution in [0, 0.1) is 11.7 Å². The van der Waals surface area contributed by atoms with Crippen molar-refractivity contribution in [2.75, 3.05) is 38.1 Å². The number of ether oxygens (including phenoxy) is 2. The minimum Gasteiger partial charge on any atom is -0.490 e. The van der Waals surface area contributed by atoms with Crippen molar-refractivity contribution in [1.82, 2.24) is 10.2 Å². The van der Waals surface area contributed by atoms with E-state index in [1.807, 2.05) is 20.9 Å². The number of halogens is 1. The zero-order chi connectivity index (χ0) is 28.6. The summed E-state index contributed by atoms with van der Waals surface area (Å²) in [5.74, 6) is -0.664. The molecule has 2 aromatic carbocycles. The molecule has 0 fully saturated rings. The number of hydrogen-bond donors (Lipinski definition) is 3. The van der Waals surface area contributed by atoms with Crippen LogP contribution in [0.1, 0.15) is 50.4 Å². The summed E-state index contributed by atoms with van der Waals surface area (Å²) in [7, 11) is -2.18. The van der Waals surface area contributed by atoms with Gasteiger partial charge in [0, 0.05) is 31.3 Å². The van der Waals surface area contributed by atoms with Gasteiger partial charge in [0.05, 0.1) is 35.3 Å². The standard InChI is InChI=1S/C28H40FN3O6S/c1-19-17-32(20(2)18-33)28(34)25-15-23(31-39(35,36)24-11-8-22(29)9-12-24)10-13-26(25)38-21(3)7-5-6-14-37-27(19)16-30-4/h8-13,15,19-21,27,30-31,33H,5-7,14,16-18H2,1-4H3/t19-,20-,21-,27-/m1/s1. The lowest BCUT2D eigenvalue weighted by Crippen LogP contribution is -2.47. The molecule has 0 saturated heterocycles. The Bertz CT molecular complexity index is 1190. The first-order chi connectivity index (χ1) is 18.6. The molecule has 0 radical (unpaired) electrons. The lowest BCUT2D eigenvalue weighted by atomic mass is 10.0. The minimum absolute atomic E-state index is 0.0539. The first-order valence-corrected chi connectivity index (χ1v) is 14.8. The molecule has 9 nitrogen and oxygen atoms in total. The van der Waals surface area contributed by atoms with Crippen LogP contribution < -0.4 is 14.8 Å². The number of carbonyl (C=O) groups excluding carboxylic acids is 1. The highest BCUT2D eigenvalue weighted by Gasteiger charge is 2.30. The van der Waals surface area contributed by atoms with Gasteiger partial charge in [-0.2, -0.15) is 0 Å². The second-order valence-electron chi connectivity index (χ2n) is 10.1. The van der Waals surface area contributed by atoms with Gasteiger partial charge in [0.1, 0.15) is 11.6 Å². The highest BCUT2D eigenvalue weighted by molar-refractivity contribution is 7.92. The zero-order valence-corrected chi connectivity index (χ0v) is 23.8. The number of likely N-dealkylation sites (N-methyl/N-ethyl adjacent to an activating group) is 1. The Morgan fingerprint density at radius 2 is 1.87 bits per heavy atom. The van der Waals surface area contributed by atoms with Crippen molar-refractivity contribution in [3.8, 4) is 5.75 Å². The molecule has 0 saturated carbocycles. The molecule has 4 atom stereocenters. The predicted octanol–water partition coefficient (Wildman–Crippen LogP) is 3.64. The van der Waals surface area contributed by atoms with E-state index in [0.717, 1.165) is 31.4 Å². The van der Waals surface area contributed by atoms with Crippen LogP contribution in [-0.4, -0.2) is 75.9 Å². The van der Waals surface area contributed by atoms with Crippen molar-refractivity contribution in [3.63, 3.8) is 0 Å². The molecular formula is C28H40FN3O6S. The lowest BCUT2D eigenvalue weighted by molar-refractivity contribution is -0.000450. The number of sulfonamides is 1. The quantitative estimate of drug-likeness (QED) is 0.469. The van der Waals surface area contributed by atoms with E-state index in [0.29, 0.717) is 25.4 Å². The Morgan fingerprint density at radius 3 is 2.54 bits per heavy atom. The van der Waals surface area contributed by atoms with Crippen LogP contribution in [0.5, 0.6) is 5.75 Å². The number of nitrogens with zero attached hydrogens (tertiary/aromatic N) is 1. The van der Waals surface area contributed by atoms with Gasteiger partial charge in [-0.05, 0) is 82.6 Å². The summed E-state index contributed by atoms with van der Waals surface area (Å²) >= 11 is 0. The van der Waals surface area contributed by atoms with Gasteiger partial charge in [-0.25, -0.2) is 12.8 Å². The average Bonchev–Trinajstić information content (AvgIpc) is 2.90. The molecular weight excluding hydrogens is 525 g/mol. The Labute approximate surface area is 230 Å². The zero-order valence-electron chi connectivity index (χ0n) is 23.0. The van der Waals surface area contributed by atoms with Gasteiger partial charge < -0.3 is 24.8 Å². The van der Waals surface area contributed by atoms with Crippen LogP contribution in [0.3, 0.4) is 0 Å². The number of benzene rings is 2. The maximum atomic E-state index is 14.0. The van der Waals surface area contributed by atoms with Gasteiger partial charge in [0.25, 0.3) is 15.9 Å². The third kappa shape index (κ3) is 8.38. The molecule has 1 aliphatic heterocycles. The number of hydrogen-bond acceptors (Lipinski definition) is 7. The van der Waals surface area contributed by atoms with Gasteiger partial charge in [-0.3, -0.25) is 9.52 Å². The predicted molar refractivity (Wildman–Crippen MR) is 148 cm³/mol. The molecule has 0 aliphatic carbocycles. The molecule has 11 heteroatoms. The summed E-state index contributed by atoms with van der Waals surface area (Å²) in [5.41, 5.74) is 0.335. The van der Waals surface area contributed by atoms with E-state index in [1.54, 1.807) is 17.9 Å². The molecule has 1 amide bonds. The Hall–Kier alpha value is -2.73. The second-order valence-corrected chi connectivity index (χ2v) is 11.8. The smallest absolute Gasteiger partial charge is 0.261 e. The maximum absolute atomic E-state index is 14.0. The Morgan fingerprint density at radius 1 is 1.15 bits per heavy atom. The van der Waals surface area contributed by atoms with E-state index >= 15 is 0 Å². The number of amides is 1. The number of fused-ring (bicyclic) bond motifs is 1. The SMILES string of the molecule is CNC[C@H]1OCCCC[C@@H](C)Oc2ccc(NS(=O)(=O)c3ccc(F)cc3)cc2C(=O)N([C@H](C)CO)C[C@H]1C. The van der Waals surface area contributed by atoms with E-state index in [-0.39, 0.29) is 40.9 Å². The Kier molecular flexibility index (Phi) is 11.1. The molecule has 1 aliphatic rings. The summed E-state index contributed by atoms with van der Waals surface area (Å²) in [5, 5.41) is 13.1. The molecule has 216 valence electrons. The highest BCUT2D eigenvalue weighted by Crippen LogP contribution is 2.29. The van der Waals surface area contributed by atoms with E-state index in [4.69, 9.17) is 9.47 Å². The minimum atomic E-state index is -4.04. The van der Waals surface area contributed by atoms with E-state index in [2.05, 4.69) is 10.0 Å². The van der Waals surface area contributed by atoms with Crippen LogP contribution in [0.4, 0.5) is 10.1 Å². The highest BCUT2D eigenvalue weighted by atomic mass is 32.2. The molecule has 0 bridgehead atoms. The molecule has 0 unspecified atom stereocenters. The van der Waals surface area contributed by atoms with Crippen LogP contribution in [0.2, 0.25) is 0 Å². The molecule has 3 N–H and O–H groups in total. The molecule has 39 heavy (non-hydrogen) atoms. The largest absolute Gasteiger partial charge is 0.490 e. The number of carbonyl (C=O) groups is 1. The van der Waals surface area contributed by atoms with Gasteiger partial charge in [0.15, 0.2) is 0 Å². The van der Waals surface area contributed by atoms with Crippen LogP contribution in [-0.2, 0) is 14.8 Å². The van der Waals surface area contributed by atoms with Gasteiger partial charge in [-0.15, -0.1) is 0 Å². The fraction of sp³-hybridized carbons (Fsp3) is 0.536. The number of nitrogens with one attached hydrogen (secondary N) is 2. The Balaban J connectivity index is 2.02. The van der Waals surface area contributed by atoms with Crippen LogP contribution >= 0.6 is 0 Å². The van der Waals surface area contributed by atoms with Gasteiger partial charge in [-0.1, -0.05) is 6.92 Å². The normalized spacial score (nSPS) is 22.4. The fourth-order valence-electron chi connectivity index (χ4n) is 4.51. The monoisotopic (exact) mass is 565 g/mol. The fourth-order valence-corrected chi connectivity index (χ4v) is 5.55. The third-order valence-corrected chi connectivity index (χ3v) is 8.23. The van der Waals surface area contributed by atoms with Crippen LogP contribution in [0.25, 0.3) is 0 Å². The van der Waals surface area contributed by atoms with Crippen molar-refractivity contribution < 1.29 is 32.2 Å². The molecule has 0 spiro atoms. The molecule has 2 aromatic rings. The summed E-state index contributed by atoms with van der Waals surface area (Å²) in [6.07, 6.45) is 2.17. The first kappa shape index (κ1) is 30.8. The van der Waals surface area contributed by atoms with E-state index in [1.165, 1.54) is 24.3 Å². The number of rotatable bonds is 7.